The number of aryl methyl sites for hydroxylation is 1. The summed E-state index contributed by atoms with van der Waals surface area (Å²) in [5.41, 5.74) is 7.22. The van der Waals surface area contributed by atoms with E-state index in [0.29, 0.717) is 29.2 Å². The Balaban J connectivity index is 1.76. The van der Waals surface area contributed by atoms with E-state index in [0.717, 1.165) is 4.90 Å². The van der Waals surface area contributed by atoms with Crippen LogP contribution in [-0.4, -0.2) is 44.7 Å². The summed E-state index contributed by atoms with van der Waals surface area (Å²) in [5, 5.41) is 0.679. The topological polar surface area (TPSA) is 122 Å². The quantitative estimate of drug-likeness (QED) is 0.404. The van der Waals surface area contributed by atoms with Gasteiger partial charge in [-0.05, 0) is 18.6 Å². The van der Waals surface area contributed by atoms with E-state index in [1.807, 2.05) is 34.9 Å². The van der Waals surface area contributed by atoms with Crippen molar-refractivity contribution in [3.05, 3.63) is 36.7 Å². The van der Waals surface area contributed by atoms with Gasteiger partial charge in [0.1, 0.15) is 10.5 Å². The second-order valence-corrected chi connectivity index (χ2v) is 7.73. The van der Waals surface area contributed by atoms with Crippen LogP contribution in [0, 0.1) is 5.92 Å². The van der Waals surface area contributed by atoms with Crippen molar-refractivity contribution in [2.75, 3.05) is 18.9 Å². The molecular formula is C20H23N5O4S. The third-order valence-corrected chi connectivity index (χ3v) is 5.22. The first-order valence-corrected chi connectivity index (χ1v) is 10.2. The molecule has 0 aliphatic rings. The number of rotatable bonds is 9. The van der Waals surface area contributed by atoms with Gasteiger partial charge in [-0.25, -0.2) is 9.97 Å². The lowest BCUT2D eigenvalue weighted by atomic mass is 10.1. The second-order valence-electron chi connectivity index (χ2n) is 6.67. The Hall–Kier alpha value is -3.14. The number of nitrogens with zero attached hydrogens (tertiary/aromatic N) is 4. The highest BCUT2D eigenvalue weighted by Gasteiger charge is 2.17. The third-order valence-electron chi connectivity index (χ3n) is 4.23. The zero-order valence-corrected chi connectivity index (χ0v) is 17.6. The van der Waals surface area contributed by atoms with Crippen LogP contribution in [-0.2, 0) is 25.6 Å². The number of hydrogen-bond acceptors (Lipinski definition) is 9. The molecular weight excluding hydrogens is 406 g/mol. The van der Waals surface area contributed by atoms with E-state index in [1.54, 1.807) is 6.33 Å². The lowest BCUT2D eigenvalue weighted by Crippen LogP contribution is -2.21. The maximum atomic E-state index is 11.1. The lowest BCUT2D eigenvalue weighted by Gasteiger charge is -2.16. The Morgan fingerprint density at radius 1 is 1.10 bits per heavy atom. The highest BCUT2D eigenvalue weighted by Crippen LogP contribution is 2.31. The van der Waals surface area contributed by atoms with Crippen LogP contribution in [0.1, 0.15) is 20.3 Å². The summed E-state index contributed by atoms with van der Waals surface area (Å²) >= 11 is 1.47. The summed E-state index contributed by atoms with van der Waals surface area (Å²) in [6, 6.07) is 9.83. The van der Waals surface area contributed by atoms with Crippen molar-refractivity contribution < 1.29 is 19.1 Å². The number of anilines is 1. The van der Waals surface area contributed by atoms with E-state index in [1.165, 1.54) is 25.6 Å². The van der Waals surface area contributed by atoms with Crippen LogP contribution in [0.4, 0.5) is 5.95 Å². The first kappa shape index (κ1) is 21.6. The summed E-state index contributed by atoms with van der Waals surface area (Å²) in [6.07, 6.45) is 2.28. The van der Waals surface area contributed by atoms with Gasteiger partial charge in [0.2, 0.25) is 5.95 Å². The fourth-order valence-corrected chi connectivity index (χ4v) is 3.67. The van der Waals surface area contributed by atoms with Gasteiger partial charge in [0.05, 0.1) is 19.5 Å². The number of ether oxygens (including phenoxy) is 2. The van der Waals surface area contributed by atoms with Gasteiger partial charge in [-0.3, -0.25) is 9.59 Å². The molecule has 2 aromatic heterocycles. The molecule has 0 saturated carbocycles. The number of aromatic nitrogens is 4. The van der Waals surface area contributed by atoms with E-state index in [9.17, 15) is 9.59 Å². The molecule has 0 unspecified atom stereocenters. The van der Waals surface area contributed by atoms with Gasteiger partial charge >= 0.3 is 11.9 Å². The molecule has 10 heteroatoms. The molecule has 0 radical (unpaired) electrons. The minimum absolute atomic E-state index is 0.146. The minimum Gasteiger partial charge on any atom is -0.465 e. The van der Waals surface area contributed by atoms with Crippen molar-refractivity contribution in [2.24, 2.45) is 5.92 Å². The molecule has 0 spiro atoms. The summed E-state index contributed by atoms with van der Waals surface area (Å²) < 4.78 is 12.1. The summed E-state index contributed by atoms with van der Waals surface area (Å²) in [7, 11) is 0. The Bertz CT molecular complexity index is 1010. The van der Waals surface area contributed by atoms with Gasteiger partial charge in [-0.1, -0.05) is 30.0 Å². The SMILES string of the molecule is CC(=O)OCC(CCn1cnc2c(Sc3ccccc3)nc(N)nc21)COC(C)=O. The van der Waals surface area contributed by atoms with Crippen LogP contribution in [0.3, 0.4) is 0 Å². The van der Waals surface area contributed by atoms with Crippen LogP contribution in [0.25, 0.3) is 11.2 Å². The van der Waals surface area contributed by atoms with Gasteiger partial charge in [-0.15, -0.1) is 0 Å². The summed E-state index contributed by atoms with van der Waals surface area (Å²) in [4.78, 5) is 36.5. The molecule has 0 saturated heterocycles. The standard InChI is InChI=1S/C20H23N5O4S/c1-13(26)28-10-15(11-29-14(2)27)8-9-25-12-22-17-18(25)23-20(21)24-19(17)30-16-6-4-3-5-7-16/h3-7,12,15H,8-11H2,1-2H3,(H2,21,23,24). The van der Waals surface area contributed by atoms with Gasteiger partial charge in [0, 0.05) is 31.2 Å². The maximum absolute atomic E-state index is 11.1. The molecule has 9 nitrogen and oxygen atoms in total. The molecule has 0 bridgehead atoms. The Morgan fingerprint density at radius 2 is 1.77 bits per heavy atom. The van der Waals surface area contributed by atoms with E-state index in [4.69, 9.17) is 15.2 Å². The number of esters is 2. The Labute approximate surface area is 178 Å². The van der Waals surface area contributed by atoms with Crippen molar-refractivity contribution in [2.45, 2.75) is 36.7 Å². The van der Waals surface area contributed by atoms with Crippen LogP contribution in [0.15, 0.2) is 46.6 Å². The zero-order chi connectivity index (χ0) is 21.5. The van der Waals surface area contributed by atoms with Crippen molar-refractivity contribution in [1.29, 1.82) is 0 Å². The average molecular weight is 430 g/mol. The van der Waals surface area contributed by atoms with E-state index in [-0.39, 0.29) is 37.0 Å². The van der Waals surface area contributed by atoms with Crippen LogP contribution in [0.2, 0.25) is 0 Å². The molecule has 0 amide bonds. The Kier molecular flexibility index (Phi) is 7.23. The van der Waals surface area contributed by atoms with Crippen LogP contribution >= 0.6 is 11.8 Å². The molecule has 2 heterocycles. The molecule has 3 aromatic rings. The number of carbonyl (C=O) groups excluding carboxylic acids is 2. The smallest absolute Gasteiger partial charge is 0.302 e. The molecule has 158 valence electrons. The average Bonchev–Trinajstić information content (AvgIpc) is 3.11. The zero-order valence-electron chi connectivity index (χ0n) is 16.8. The predicted octanol–water partition coefficient (Wildman–Crippen LogP) is 2.69. The number of carbonyl (C=O) groups is 2. The summed E-state index contributed by atoms with van der Waals surface area (Å²) in [6.45, 7) is 3.56. The van der Waals surface area contributed by atoms with Gasteiger partial charge < -0.3 is 19.8 Å². The van der Waals surface area contributed by atoms with Crippen LogP contribution < -0.4 is 5.73 Å². The van der Waals surface area contributed by atoms with Crippen molar-refractivity contribution in [3.8, 4) is 0 Å². The normalized spacial score (nSPS) is 11.0. The number of imidazole rings is 1. The van der Waals surface area contributed by atoms with Crippen molar-refractivity contribution in [3.63, 3.8) is 0 Å². The number of benzene rings is 1. The molecule has 30 heavy (non-hydrogen) atoms. The number of nitrogens with two attached hydrogens (primary N) is 1. The molecule has 1 aromatic carbocycles. The minimum atomic E-state index is -0.376. The largest absolute Gasteiger partial charge is 0.465 e. The highest BCUT2D eigenvalue weighted by atomic mass is 32.2. The Morgan fingerprint density at radius 3 is 2.40 bits per heavy atom. The first-order valence-electron chi connectivity index (χ1n) is 9.40. The van der Waals surface area contributed by atoms with Crippen molar-refractivity contribution in [1.82, 2.24) is 19.5 Å². The fraction of sp³-hybridized carbons (Fsp3) is 0.350. The second kappa shape index (κ2) is 10.1. The number of nitrogen functional groups attached to an aromatic ring is 1. The molecule has 0 aliphatic heterocycles. The van der Waals surface area contributed by atoms with E-state index >= 15 is 0 Å². The molecule has 2 N–H and O–H groups in total. The molecule has 0 aliphatic carbocycles. The first-order chi connectivity index (χ1) is 14.4. The third kappa shape index (κ3) is 5.93. The van der Waals surface area contributed by atoms with Crippen molar-refractivity contribution >= 4 is 40.8 Å². The van der Waals surface area contributed by atoms with Gasteiger partial charge in [0.15, 0.2) is 5.65 Å². The van der Waals surface area contributed by atoms with Gasteiger partial charge in [-0.2, -0.15) is 4.98 Å². The number of fused-ring (bicyclic) bond motifs is 1. The van der Waals surface area contributed by atoms with Crippen LogP contribution in [0.5, 0.6) is 0 Å². The van der Waals surface area contributed by atoms with Gasteiger partial charge in [0.25, 0.3) is 0 Å². The number of hydrogen-bond donors (Lipinski definition) is 1. The molecule has 0 atom stereocenters. The van der Waals surface area contributed by atoms with E-state index < -0.39 is 0 Å². The maximum Gasteiger partial charge on any atom is 0.302 e. The predicted molar refractivity (Wildman–Crippen MR) is 112 cm³/mol. The highest BCUT2D eigenvalue weighted by molar-refractivity contribution is 7.99. The van der Waals surface area contributed by atoms with E-state index in [2.05, 4.69) is 15.0 Å². The lowest BCUT2D eigenvalue weighted by molar-refractivity contribution is -0.146. The monoisotopic (exact) mass is 429 g/mol. The molecule has 0 fully saturated rings. The molecule has 3 rings (SSSR count). The fourth-order valence-electron chi connectivity index (χ4n) is 2.78. The summed E-state index contributed by atoms with van der Waals surface area (Å²) in [5.74, 6) is -0.732.